The van der Waals surface area contributed by atoms with E-state index in [4.69, 9.17) is 11.5 Å². The molecule has 0 aliphatic heterocycles. The number of hydrogen-bond acceptors (Lipinski definition) is 4. The molecule has 3 nitrogen and oxygen atoms in total. The number of Topliss-reactive ketones (excluding diaryl/α,β-unsaturated/α-hetero) is 1. The maximum atomic E-state index is 11.4. The van der Waals surface area contributed by atoms with Crippen LogP contribution < -0.4 is 11.5 Å². The lowest BCUT2D eigenvalue weighted by Crippen LogP contribution is -1.96. The average molecular weight is 232 g/mol. The van der Waals surface area contributed by atoms with Gasteiger partial charge in [0.1, 0.15) is 0 Å². The van der Waals surface area contributed by atoms with Gasteiger partial charge in [-0.05, 0) is 36.6 Å². The Bertz CT molecular complexity index is 546. The Balaban J connectivity index is 2.62. The summed E-state index contributed by atoms with van der Waals surface area (Å²) in [6.45, 7) is 1.55. The van der Waals surface area contributed by atoms with Gasteiger partial charge in [0.05, 0.1) is 0 Å². The van der Waals surface area contributed by atoms with Crippen molar-refractivity contribution in [2.75, 3.05) is 11.5 Å². The van der Waals surface area contributed by atoms with Crippen LogP contribution in [-0.4, -0.2) is 5.78 Å². The summed E-state index contributed by atoms with van der Waals surface area (Å²) in [7, 11) is 0. The number of rotatable bonds is 2. The molecule has 0 unspecified atom stereocenters. The smallest absolute Gasteiger partial charge is 0.161 e. The Morgan fingerprint density at radius 2 is 2.00 bits per heavy atom. The number of anilines is 2. The third-order valence-corrected chi connectivity index (χ3v) is 3.31. The van der Waals surface area contributed by atoms with Crippen molar-refractivity contribution in [3.63, 3.8) is 0 Å². The monoisotopic (exact) mass is 232 g/mol. The molecule has 0 aliphatic rings. The first kappa shape index (κ1) is 10.7. The first-order valence-electron chi connectivity index (χ1n) is 4.83. The maximum Gasteiger partial charge on any atom is 0.161 e. The molecule has 0 amide bonds. The van der Waals surface area contributed by atoms with Crippen molar-refractivity contribution in [2.24, 2.45) is 0 Å². The number of thiophene rings is 1. The lowest BCUT2D eigenvalue weighted by Gasteiger charge is -2.06. The van der Waals surface area contributed by atoms with E-state index in [9.17, 15) is 4.79 Å². The minimum atomic E-state index is 0.0399. The molecule has 0 bridgehead atoms. The van der Waals surface area contributed by atoms with E-state index in [0.717, 1.165) is 10.4 Å². The molecule has 4 N–H and O–H groups in total. The fraction of sp³-hybridized carbons (Fsp3) is 0.0833. The molecule has 0 spiro atoms. The molecule has 1 aromatic heterocycles. The molecule has 0 fully saturated rings. The highest BCUT2D eigenvalue weighted by Gasteiger charge is 2.13. The minimum Gasteiger partial charge on any atom is -0.399 e. The molecule has 0 atom stereocenters. The molecule has 16 heavy (non-hydrogen) atoms. The summed E-state index contributed by atoms with van der Waals surface area (Å²) < 4.78 is 0. The maximum absolute atomic E-state index is 11.4. The summed E-state index contributed by atoms with van der Waals surface area (Å²) in [5.41, 5.74) is 14.4. The lowest BCUT2D eigenvalue weighted by atomic mass is 10.1. The van der Waals surface area contributed by atoms with Crippen LogP contribution in [0.15, 0.2) is 29.6 Å². The van der Waals surface area contributed by atoms with Crippen LogP contribution in [0, 0.1) is 0 Å². The molecule has 1 aromatic carbocycles. The number of nitrogens with two attached hydrogens (primary N) is 2. The number of carbonyl (C=O) groups excluding carboxylic acids is 1. The van der Waals surface area contributed by atoms with Crippen LogP contribution in [0.2, 0.25) is 0 Å². The van der Waals surface area contributed by atoms with Crippen LogP contribution in [-0.2, 0) is 0 Å². The van der Waals surface area contributed by atoms with E-state index in [1.165, 1.54) is 11.3 Å². The third-order valence-electron chi connectivity index (χ3n) is 2.37. The standard InChI is InChI=1S/C12H12N2OS/c1-7(15)9-4-5-16-12(9)10-6-8(13)2-3-11(10)14/h2-6H,13-14H2,1H3. The van der Waals surface area contributed by atoms with Crippen molar-refractivity contribution in [2.45, 2.75) is 6.92 Å². The van der Waals surface area contributed by atoms with Crippen LogP contribution in [0.25, 0.3) is 10.4 Å². The van der Waals surface area contributed by atoms with E-state index in [1.54, 1.807) is 25.1 Å². The van der Waals surface area contributed by atoms with Gasteiger partial charge >= 0.3 is 0 Å². The summed E-state index contributed by atoms with van der Waals surface area (Å²) in [4.78, 5) is 12.3. The topological polar surface area (TPSA) is 69.1 Å². The molecule has 82 valence electrons. The lowest BCUT2D eigenvalue weighted by molar-refractivity contribution is 0.101. The van der Waals surface area contributed by atoms with Gasteiger partial charge in [-0.25, -0.2) is 0 Å². The Labute approximate surface area is 97.7 Å². The van der Waals surface area contributed by atoms with Crippen molar-refractivity contribution in [3.8, 4) is 10.4 Å². The quantitative estimate of drug-likeness (QED) is 0.618. The fourth-order valence-corrected chi connectivity index (χ4v) is 2.55. The van der Waals surface area contributed by atoms with Gasteiger partial charge in [-0.15, -0.1) is 11.3 Å². The highest BCUT2D eigenvalue weighted by atomic mass is 32.1. The van der Waals surface area contributed by atoms with Crippen LogP contribution in [0.5, 0.6) is 0 Å². The summed E-state index contributed by atoms with van der Waals surface area (Å²) in [6.07, 6.45) is 0. The predicted molar refractivity (Wildman–Crippen MR) is 68.6 cm³/mol. The highest BCUT2D eigenvalue weighted by Crippen LogP contribution is 2.35. The van der Waals surface area contributed by atoms with Gasteiger partial charge in [0.2, 0.25) is 0 Å². The van der Waals surface area contributed by atoms with Crippen LogP contribution in [0.1, 0.15) is 17.3 Å². The molecule has 0 saturated heterocycles. The molecule has 2 rings (SSSR count). The second-order valence-corrected chi connectivity index (χ2v) is 4.48. The molecule has 2 aromatic rings. The molecule has 1 heterocycles. The van der Waals surface area contributed by atoms with Crippen molar-refractivity contribution in [1.29, 1.82) is 0 Å². The number of hydrogen-bond donors (Lipinski definition) is 2. The Morgan fingerprint density at radius 3 is 2.69 bits per heavy atom. The van der Waals surface area contributed by atoms with Crippen molar-refractivity contribution in [1.82, 2.24) is 0 Å². The van der Waals surface area contributed by atoms with Gasteiger partial charge in [-0.1, -0.05) is 0 Å². The molecular formula is C12H12N2OS. The van der Waals surface area contributed by atoms with Crippen molar-refractivity contribution in [3.05, 3.63) is 35.2 Å². The van der Waals surface area contributed by atoms with Gasteiger partial charge in [0, 0.05) is 27.4 Å². The number of ketones is 1. The Morgan fingerprint density at radius 1 is 1.25 bits per heavy atom. The molecule has 0 aliphatic carbocycles. The third kappa shape index (κ3) is 1.79. The molecule has 0 radical (unpaired) electrons. The van der Waals surface area contributed by atoms with E-state index < -0.39 is 0 Å². The normalized spacial score (nSPS) is 10.3. The zero-order valence-electron chi connectivity index (χ0n) is 8.86. The van der Waals surface area contributed by atoms with Crippen LogP contribution in [0.4, 0.5) is 11.4 Å². The zero-order valence-corrected chi connectivity index (χ0v) is 9.67. The molecule has 0 saturated carbocycles. The number of nitrogen functional groups attached to an aromatic ring is 2. The summed E-state index contributed by atoms with van der Waals surface area (Å²) in [5.74, 6) is 0.0399. The van der Waals surface area contributed by atoms with E-state index in [-0.39, 0.29) is 5.78 Å². The average Bonchev–Trinajstić information content (AvgIpc) is 2.70. The van der Waals surface area contributed by atoms with E-state index >= 15 is 0 Å². The van der Waals surface area contributed by atoms with E-state index in [2.05, 4.69) is 0 Å². The van der Waals surface area contributed by atoms with Crippen LogP contribution in [0.3, 0.4) is 0 Å². The highest BCUT2D eigenvalue weighted by molar-refractivity contribution is 7.14. The van der Waals surface area contributed by atoms with E-state index in [1.807, 2.05) is 11.4 Å². The Hall–Kier alpha value is -1.81. The molecular weight excluding hydrogens is 220 g/mol. The summed E-state index contributed by atoms with van der Waals surface area (Å²) >= 11 is 1.50. The predicted octanol–water partition coefficient (Wildman–Crippen LogP) is 2.78. The summed E-state index contributed by atoms with van der Waals surface area (Å²) in [5, 5.41) is 1.88. The van der Waals surface area contributed by atoms with Gasteiger partial charge in [-0.3, -0.25) is 4.79 Å². The minimum absolute atomic E-state index is 0.0399. The SMILES string of the molecule is CC(=O)c1ccsc1-c1cc(N)ccc1N. The van der Waals surface area contributed by atoms with Gasteiger partial charge in [-0.2, -0.15) is 0 Å². The van der Waals surface area contributed by atoms with Gasteiger partial charge in [0.15, 0.2) is 5.78 Å². The fourth-order valence-electron chi connectivity index (χ4n) is 1.57. The number of benzene rings is 1. The van der Waals surface area contributed by atoms with Gasteiger partial charge in [0.25, 0.3) is 0 Å². The second kappa shape index (κ2) is 3.98. The van der Waals surface area contributed by atoms with E-state index in [0.29, 0.717) is 16.9 Å². The number of carbonyl (C=O) groups is 1. The summed E-state index contributed by atoms with van der Waals surface area (Å²) in [6, 6.07) is 7.12. The second-order valence-electron chi connectivity index (χ2n) is 3.57. The first-order chi connectivity index (χ1) is 7.59. The largest absolute Gasteiger partial charge is 0.399 e. The van der Waals surface area contributed by atoms with Crippen molar-refractivity contribution >= 4 is 28.5 Å². The zero-order chi connectivity index (χ0) is 11.7. The van der Waals surface area contributed by atoms with Gasteiger partial charge < -0.3 is 11.5 Å². The first-order valence-corrected chi connectivity index (χ1v) is 5.71. The van der Waals surface area contributed by atoms with Crippen LogP contribution >= 0.6 is 11.3 Å². The Kier molecular flexibility index (Phi) is 2.66. The van der Waals surface area contributed by atoms with Crippen molar-refractivity contribution < 1.29 is 4.79 Å². The molecule has 4 heteroatoms.